The molecule has 1 rings (SSSR count). The van der Waals surface area contributed by atoms with Gasteiger partial charge in [0.1, 0.15) is 17.9 Å². The van der Waals surface area contributed by atoms with Gasteiger partial charge in [0, 0.05) is 0 Å². The van der Waals surface area contributed by atoms with Crippen molar-refractivity contribution >= 4 is 18.5 Å². The molecule has 4 nitrogen and oxygen atoms in total. The van der Waals surface area contributed by atoms with Crippen molar-refractivity contribution in [2.45, 2.75) is 39.3 Å². The Morgan fingerprint density at radius 2 is 1.85 bits per heavy atom. The summed E-state index contributed by atoms with van der Waals surface area (Å²) in [7, 11) is 0. The second-order valence-electron chi connectivity index (χ2n) is 5.56. The Labute approximate surface area is 119 Å². The highest BCUT2D eigenvalue weighted by atomic mass is 16.6. The van der Waals surface area contributed by atoms with Gasteiger partial charge in [-0.1, -0.05) is 36.4 Å². The van der Waals surface area contributed by atoms with Crippen LogP contribution in [0.25, 0.3) is 6.08 Å². The predicted molar refractivity (Wildman–Crippen MR) is 79.3 cm³/mol. The normalized spacial score (nSPS) is 13.5. The second kappa shape index (κ2) is 6.89. The second-order valence-corrected chi connectivity index (χ2v) is 5.56. The van der Waals surface area contributed by atoms with Gasteiger partial charge < -0.3 is 14.8 Å². The van der Waals surface area contributed by atoms with E-state index in [9.17, 15) is 9.59 Å². The van der Waals surface area contributed by atoms with Crippen LogP contribution in [0, 0.1) is 0 Å². The first-order chi connectivity index (χ1) is 9.31. The van der Waals surface area contributed by atoms with Gasteiger partial charge in [-0.2, -0.15) is 0 Å². The van der Waals surface area contributed by atoms with Gasteiger partial charge in [-0.25, -0.2) is 4.79 Å². The topological polar surface area (TPSA) is 55.4 Å². The van der Waals surface area contributed by atoms with Gasteiger partial charge in [0.25, 0.3) is 0 Å². The Kier molecular flexibility index (Phi) is 5.50. The summed E-state index contributed by atoms with van der Waals surface area (Å²) in [6.07, 6.45) is 1.95. The highest BCUT2D eigenvalue weighted by Crippen LogP contribution is 2.10. The minimum atomic E-state index is -0.690. The molecule has 0 fully saturated rings. The van der Waals surface area contributed by atoms with E-state index in [-0.39, 0.29) is 0 Å². The zero-order valence-electron chi connectivity index (χ0n) is 12.3. The molecule has 20 heavy (non-hydrogen) atoms. The number of alkyl carbamates (subject to hydrolysis) is 1. The maximum atomic E-state index is 11.7. The molecule has 0 spiro atoms. The molecule has 1 aromatic rings. The number of aldehydes is 1. The molecular formula is C16H21NO3. The fourth-order valence-electron chi connectivity index (χ4n) is 1.59. The van der Waals surface area contributed by atoms with Gasteiger partial charge >= 0.3 is 6.09 Å². The predicted octanol–water partition coefficient (Wildman–Crippen LogP) is 3.18. The third-order valence-corrected chi connectivity index (χ3v) is 2.49. The average molecular weight is 275 g/mol. The largest absolute Gasteiger partial charge is 0.444 e. The molecule has 0 saturated heterocycles. The maximum Gasteiger partial charge on any atom is 0.408 e. The Hall–Kier alpha value is -2.10. The highest BCUT2D eigenvalue weighted by Gasteiger charge is 2.19. The molecule has 0 aliphatic carbocycles. The summed E-state index contributed by atoms with van der Waals surface area (Å²) in [5.41, 5.74) is 1.13. The van der Waals surface area contributed by atoms with E-state index in [4.69, 9.17) is 4.74 Å². The SMILES string of the molecule is C/C(=C\c1ccccc1)C(C=O)NC(=O)OC(C)(C)C. The first kappa shape index (κ1) is 16.0. The van der Waals surface area contributed by atoms with Crippen LogP contribution < -0.4 is 5.32 Å². The number of carbonyl (C=O) groups excluding carboxylic acids is 2. The average Bonchev–Trinajstić information content (AvgIpc) is 2.35. The summed E-state index contributed by atoms with van der Waals surface area (Å²) in [6, 6.07) is 8.91. The molecule has 0 aliphatic rings. The molecule has 1 unspecified atom stereocenters. The number of amides is 1. The molecule has 4 heteroatoms. The fraction of sp³-hybridized carbons (Fsp3) is 0.375. The maximum absolute atomic E-state index is 11.7. The standard InChI is InChI=1S/C16H21NO3/c1-12(10-13-8-6-5-7-9-13)14(11-18)17-15(19)20-16(2,3)4/h5-11,14H,1-4H3,(H,17,19)/b12-10+. The van der Waals surface area contributed by atoms with Crippen molar-refractivity contribution in [1.82, 2.24) is 5.32 Å². The van der Waals surface area contributed by atoms with Crippen LogP contribution in [0.4, 0.5) is 4.79 Å². The number of benzene rings is 1. The molecule has 0 saturated carbocycles. The summed E-state index contributed by atoms with van der Waals surface area (Å²) >= 11 is 0. The van der Waals surface area contributed by atoms with E-state index in [1.807, 2.05) is 36.4 Å². The van der Waals surface area contributed by atoms with E-state index in [0.29, 0.717) is 6.29 Å². The van der Waals surface area contributed by atoms with Crippen molar-refractivity contribution in [2.24, 2.45) is 0 Å². The molecule has 1 N–H and O–H groups in total. The quantitative estimate of drug-likeness (QED) is 0.859. The van der Waals surface area contributed by atoms with Gasteiger partial charge in [-0.15, -0.1) is 0 Å². The molecule has 0 heterocycles. The van der Waals surface area contributed by atoms with E-state index in [1.165, 1.54) is 0 Å². The summed E-state index contributed by atoms with van der Waals surface area (Å²) in [5, 5.41) is 2.55. The molecule has 108 valence electrons. The van der Waals surface area contributed by atoms with Crippen molar-refractivity contribution in [2.75, 3.05) is 0 Å². The highest BCUT2D eigenvalue weighted by molar-refractivity contribution is 5.77. The molecule has 0 aromatic heterocycles. The smallest absolute Gasteiger partial charge is 0.408 e. The van der Waals surface area contributed by atoms with Crippen LogP contribution >= 0.6 is 0 Å². The molecule has 1 aromatic carbocycles. The fourth-order valence-corrected chi connectivity index (χ4v) is 1.59. The Morgan fingerprint density at radius 3 is 2.35 bits per heavy atom. The van der Waals surface area contributed by atoms with Crippen LogP contribution in [0.1, 0.15) is 33.3 Å². The minimum absolute atomic E-state index is 0.589. The lowest BCUT2D eigenvalue weighted by Gasteiger charge is -2.21. The molecule has 0 radical (unpaired) electrons. The number of nitrogens with one attached hydrogen (secondary N) is 1. The van der Waals surface area contributed by atoms with Gasteiger partial charge in [0.05, 0.1) is 0 Å². The number of ether oxygens (including phenoxy) is 1. The number of hydrogen-bond acceptors (Lipinski definition) is 3. The number of carbonyl (C=O) groups is 2. The Balaban J connectivity index is 2.73. The molecule has 1 amide bonds. The molecule has 1 atom stereocenters. The summed E-state index contributed by atoms with van der Waals surface area (Å²) < 4.78 is 5.13. The van der Waals surface area contributed by atoms with E-state index >= 15 is 0 Å². The van der Waals surface area contributed by atoms with Gasteiger partial charge in [-0.05, 0) is 38.8 Å². The lowest BCUT2D eigenvalue weighted by Crippen LogP contribution is -2.40. The Bertz CT molecular complexity index is 486. The van der Waals surface area contributed by atoms with Crippen LogP contribution in [0.2, 0.25) is 0 Å². The third kappa shape index (κ3) is 5.69. The van der Waals surface area contributed by atoms with Crippen LogP contribution in [0.5, 0.6) is 0 Å². The van der Waals surface area contributed by atoms with Gasteiger partial charge in [-0.3, -0.25) is 0 Å². The lowest BCUT2D eigenvalue weighted by atomic mass is 10.1. The molecule has 0 aliphatic heterocycles. The van der Waals surface area contributed by atoms with Crippen LogP contribution in [0.15, 0.2) is 35.9 Å². The first-order valence-electron chi connectivity index (χ1n) is 6.50. The summed E-state index contributed by atoms with van der Waals surface area (Å²) in [5.74, 6) is 0. The third-order valence-electron chi connectivity index (χ3n) is 2.49. The van der Waals surface area contributed by atoms with E-state index < -0.39 is 17.7 Å². The van der Waals surface area contributed by atoms with Crippen LogP contribution in [-0.2, 0) is 9.53 Å². The first-order valence-corrected chi connectivity index (χ1v) is 6.50. The molecular weight excluding hydrogens is 254 g/mol. The van der Waals surface area contributed by atoms with Crippen molar-refractivity contribution < 1.29 is 14.3 Å². The molecule has 0 bridgehead atoms. The Morgan fingerprint density at radius 1 is 1.25 bits per heavy atom. The summed E-state index contributed by atoms with van der Waals surface area (Å²) in [4.78, 5) is 22.8. The van der Waals surface area contributed by atoms with E-state index in [0.717, 1.165) is 11.1 Å². The minimum Gasteiger partial charge on any atom is -0.444 e. The van der Waals surface area contributed by atoms with Crippen LogP contribution in [-0.4, -0.2) is 24.0 Å². The van der Waals surface area contributed by atoms with Crippen molar-refractivity contribution in [3.8, 4) is 0 Å². The van der Waals surface area contributed by atoms with E-state index in [2.05, 4.69) is 5.32 Å². The lowest BCUT2D eigenvalue weighted by molar-refractivity contribution is -0.108. The van der Waals surface area contributed by atoms with Gasteiger partial charge in [0.15, 0.2) is 0 Å². The van der Waals surface area contributed by atoms with E-state index in [1.54, 1.807) is 27.7 Å². The summed E-state index contributed by atoms with van der Waals surface area (Å²) in [6.45, 7) is 7.11. The van der Waals surface area contributed by atoms with Gasteiger partial charge in [0.2, 0.25) is 0 Å². The zero-order valence-corrected chi connectivity index (χ0v) is 12.3. The monoisotopic (exact) mass is 275 g/mol. The number of rotatable bonds is 4. The zero-order chi connectivity index (χ0) is 15.2. The number of hydrogen-bond donors (Lipinski definition) is 1. The van der Waals surface area contributed by atoms with Crippen LogP contribution in [0.3, 0.4) is 0 Å². The van der Waals surface area contributed by atoms with Crippen molar-refractivity contribution in [1.29, 1.82) is 0 Å². The van der Waals surface area contributed by atoms with Crippen molar-refractivity contribution in [3.05, 3.63) is 41.5 Å². The van der Waals surface area contributed by atoms with Crippen molar-refractivity contribution in [3.63, 3.8) is 0 Å².